The van der Waals surface area contributed by atoms with Crippen LogP contribution >= 0.6 is 22.2 Å². The highest BCUT2D eigenvalue weighted by Gasteiger charge is 2.45. The maximum Gasteiger partial charge on any atom is 0.244 e. The van der Waals surface area contributed by atoms with Crippen molar-refractivity contribution < 1.29 is 0 Å². The van der Waals surface area contributed by atoms with Crippen LogP contribution in [0.15, 0.2) is 0 Å². The number of rotatable bonds is 4. The molecule has 0 saturated heterocycles. The molecular formula is C15H29BCl2Si. The molecule has 2 rings (SSSR count). The van der Waals surface area contributed by atoms with Gasteiger partial charge in [-0.25, -0.2) is 0 Å². The van der Waals surface area contributed by atoms with Crippen LogP contribution in [0.1, 0.15) is 71.1 Å². The van der Waals surface area contributed by atoms with Gasteiger partial charge in [-0.2, -0.15) is 0 Å². The monoisotopic (exact) mass is 318 g/mol. The molecule has 110 valence electrons. The lowest BCUT2D eigenvalue weighted by Crippen LogP contribution is -2.41. The van der Waals surface area contributed by atoms with Crippen LogP contribution in [0.2, 0.25) is 23.6 Å². The molecule has 0 aromatic carbocycles. The summed E-state index contributed by atoms with van der Waals surface area (Å²) in [5.74, 6) is 1.83. The van der Waals surface area contributed by atoms with E-state index in [1.165, 1.54) is 64.2 Å². The Labute approximate surface area is 130 Å². The summed E-state index contributed by atoms with van der Waals surface area (Å²) < 4.78 is 0. The summed E-state index contributed by atoms with van der Waals surface area (Å²) in [6.45, 7) is 3.26. The van der Waals surface area contributed by atoms with Crippen LogP contribution in [-0.4, -0.2) is 13.4 Å². The highest BCUT2D eigenvalue weighted by atomic mass is 35.7. The molecule has 0 aliphatic heterocycles. The van der Waals surface area contributed by atoms with Gasteiger partial charge < -0.3 is 0 Å². The second kappa shape index (κ2) is 7.22. The van der Waals surface area contributed by atoms with Crippen LogP contribution in [0.4, 0.5) is 0 Å². The third kappa shape index (κ3) is 4.41. The van der Waals surface area contributed by atoms with E-state index in [0.717, 1.165) is 18.3 Å². The quantitative estimate of drug-likeness (QED) is 0.403. The zero-order valence-corrected chi connectivity index (χ0v) is 15.1. The minimum atomic E-state index is -2.05. The van der Waals surface area contributed by atoms with E-state index in [0.29, 0.717) is 5.44 Å². The Bertz CT molecular complexity index is 250. The first-order chi connectivity index (χ1) is 9.00. The van der Waals surface area contributed by atoms with E-state index in [9.17, 15) is 0 Å². The smallest absolute Gasteiger partial charge is 0.147 e. The summed E-state index contributed by atoms with van der Waals surface area (Å²) in [5, 5.41) is 0. The lowest BCUT2D eigenvalue weighted by Gasteiger charge is -2.41. The Morgan fingerprint density at radius 3 is 1.53 bits per heavy atom. The molecule has 0 aromatic heterocycles. The molecule has 2 fully saturated rings. The molecule has 0 heterocycles. The SMILES string of the molecule is CC(B(C1CCCCC1)C1CCCCC1)[Si](C)(Cl)Cl. The van der Waals surface area contributed by atoms with Crippen LogP contribution in [0.3, 0.4) is 0 Å². The van der Waals surface area contributed by atoms with Gasteiger partial charge in [0.2, 0.25) is 6.69 Å². The molecule has 19 heavy (non-hydrogen) atoms. The Morgan fingerprint density at radius 2 is 1.21 bits per heavy atom. The predicted octanol–water partition coefficient (Wildman–Crippen LogP) is 6.63. The normalized spacial score (nSPS) is 25.3. The predicted molar refractivity (Wildman–Crippen MR) is 92.2 cm³/mol. The topological polar surface area (TPSA) is 0 Å². The van der Waals surface area contributed by atoms with Gasteiger partial charge in [0.1, 0.15) is 6.71 Å². The van der Waals surface area contributed by atoms with Gasteiger partial charge in [0.15, 0.2) is 0 Å². The zero-order valence-electron chi connectivity index (χ0n) is 12.6. The summed E-state index contributed by atoms with van der Waals surface area (Å²) in [5.41, 5.74) is 0.557. The van der Waals surface area contributed by atoms with Crippen molar-refractivity contribution in [2.75, 3.05) is 0 Å². The van der Waals surface area contributed by atoms with E-state index in [2.05, 4.69) is 13.5 Å². The Kier molecular flexibility index (Phi) is 6.17. The van der Waals surface area contributed by atoms with Crippen LogP contribution in [-0.2, 0) is 0 Å². The summed E-state index contributed by atoms with van der Waals surface area (Å²) in [7, 11) is 0. The molecule has 0 nitrogen and oxygen atoms in total. The van der Waals surface area contributed by atoms with E-state index < -0.39 is 6.69 Å². The molecule has 2 saturated carbocycles. The Hall–Kier alpha value is 0.862. The summed E-state index contributed by atoms with van der Waals surface area (Å²) in [4.78, 5) is 0. The average molecular weight is 319 g/mol. The van der Waals surface area contributed by atoms with Gasteiger partial charge in [-0.05, 0) is 12.0 Å². The fraction of sp³-hybridized carbons (Fsp3) is 1.00. The highest BCUT2D eigenvalue weighted by Crippen LogP contribution is 2.49. The number of hydrogen-bond acceptors (Lipinski definition) is 0. The van der Waals surface area contributed by atoms with E-state index in [1.54, 1.807) is 0 Å². The molecule has 0 bridgehead atoms. The van der Waals surface area contributed by atoms with Gasteiger partial charge in [0.25, 0.3) is 0 Å². The largest absolute Gasteiger partial charge is 0.244 e. The molecule has 0 aromatic rings. The molecule has 0 N–H and O–H groups in total. The fourth-order valence-corrected chi connectivity index (χ4v) is 6.67. The van der Waals surface area contributed by atoms with E-state index in [-0.39, 0.29) is 0 Å². The average Bonchev–Trinajstić information content (AvgIpc) is 2.40. The van der Waals surface area contributed by atoms with E-state index in [1.807, 2.05) is 0 Å². The summed E-state index contributed by atoms with van der Waals surface area (Å²) >= 11 is 13.2. The second-order valence-electron chi connectivity index (χ2n) is 7.12. The maximum absolute atomic E-state index is 6.62. The summed E-state index contributed by atoms with van der Waals surface area (Å²) in [6.07, 6.45) is 14.4. The van der Waals surface area contributed by atoms with Gasteiger partial charge in [-0.15, -0.1) is 22.2 Å². The van der Waals surface area contributed by atoms with Crippen LogP contribution in [0.25, 0.3) is 0 Å². The molecule has 0 spiro atoms. The third-order valence-electron chi connectivity index (χ3n) is 5.77. The number of hydrogen-bond donors (Lipinski definition) is 0. The molecule has 4 heteroatoms. The van der Waals surface area contributed by atoms with Crippen molar-refractivity contribution in [3.8, 4) is 0 Å². The van der Waals surface area contributed by atoms with Gasteiger partial charge in [-0.1, -0.05) is 82.8 Å². The molecule has 1 atom stereocenters. The van der Waals surface area contributed by atoms with Gasteiger partial charge in [0.05, 0.1) is 0 Å². The Balaban J connectivity index is 2.11. The lowest BCUT2D eigenvalue weighted by molar-refractivity contribution is 0.459. The molecule has 2 aliphatic rings. The van der Waals surface area contributed by atoms with Crippen LogP contribution < -0.4 is 0 Å². The van der Waals surface area contributed by atoms with Crippen molar-refractivity contribution in [1.29, 1.82) is 0 Å². The lowest BCUT2D eigenvalue weighted by atomic mass is 9.29. The van der Waals surface area contributed by atoms with Crippen LogP contribution in [0.5, 0.6) is 0 Å². The maximum atomic E-state index is 6.62. The first-order valence-corrected chi connectivity index (χ1v) is 13.0. The highest BCUT2D eigenvalue weighted by molar-refractivity contribution is 7.47. The number of halogens is 2. The fourth-order valence-electron chi connectivity index (χ4n) is 4.58. The standard InChI is InChI=1S/C15H29BCl2Si/c1-13(19(2,17)18)16(14-9-5-3-6-10-14)15-11-7-4-8-12-15/h13-15H,3-12H2,1-2H3. The van der Waals surface area contributed by atoms with Crippen molar-refractivity contribution in [2.45, 2.75) is 94.8 Å². The first-order valence-electron chi connectivity index (χ1n) is 8.38. The molecule has 2 aliphatic carbocycles. The molecule has 0 radical (unpaired) electrons. The minimum Gasteiger partial charge on any atom is -0.147 e. The second-order valence-corrected chi connectivity index (χ2v) is 15.2. The van der Waals surface area contributed by atoms with Crippen LogP contribution in [0, 0.1) is 0 Å². The summed E-state index contributed by atoms with van der Waals surface area (Å²) in [6, 6.07) is 0. The van der Waals surface area contributed by atoms with Crippen molar-refractivity contribution in [1.82, 2.24) is 0 Å². The zero-order chi connectivity index (χ0) is 13.9. The van der Waals surface area contributed by atoms with Gasteiger partial charge >= 0.3 is 0 Å². The first kappa shape index (κ1) is 16.2. The molecular weight excluding hydrogens is 290 g/mol. The molecule has 1 unspecified atom stereocenters. The van der Waals surface area contributed by atoms with Crippen molar-refractivity contribution in [2.24, 2.45) is 0 Å². The van der Waals surface area contributed by atoms with Gasteiger partial charge in [0, 0.05) is 0 Å². The van der Waals surface area contributed by atoms with Crippen molar-refractivity contribution in [3.05, 3.63) is 0 Å². The van der Waals surface area contributed by atoms with E-state index in [4.69, 9.17) is 22.2 Å². The third-order valence-corrected chi connectivity index (χ3v) is 9.81. The minimum absolute atomic E-state index is 0.557. The van der Waals surface area contributed by atoms with Crippen molar-refractivity contribution in [3.63, 3.8) is 0 Å². The molecule has 0 amide bonds. The van der Waals surface area contributed by atoms with Gasteiger partial charge in [-0.3, -0.25) is 0 Å². The van der Waals surface area contributed by atoms with Crippen molar-refractivity contribution >= 4 is 35.6 Å². The Morgan fingerprint density at radius 1 is 0.842 bits per heavy atom. The van der Waals surface area contributed by atoms with E-state index >= 15 is 0 Å².